The molecule has 0 saturated carbocycles. The van der Waals surface area contributed by atoms with Crippen molar-refractivity contribution in [3.8, 4) is 11.3 Å². The molecule has 3 nitrogen and oxygen atoms in total. The molecule has 25 heavy (non-hydrogen) atoms. The van der Waals surface area contributed by atoms with Crippen molar-refractivity contribution in [3.63, 3.8) is 0 Å². The Morgan fingerprint density at radius 2 is 1.56 bits per heavy atom. The van der Waals surface area contributed by atoms with Crippen molar-refractivity contribution in [1.82, 2.24) is 9.97 Å². The summed E-state index contributed by atoms with van der Waals surface area (Å²) in [7, 11) is 0. The molecule has 2 N–H and O–H groups in total. The van der Waals surface area contributed by atoms with E-state index in [1.807, 2.05) is 18.5 Å². The SMILES string of the molecule is Nc1nc2c(c3ccccc13)C(c1ccncc1)Cc1ccccc1-2. The molecule has 1 aliphatic carbocycles. The zero-order chi connectivity index (χ0) is 16.8. The molecule has 0 aliphatic heterocycles. The maximum Gasteiger partial charge on any atom is 0.131 e. The Morgan fingerprint density at radius 1 is 0.840 bits per heavy atom. The van der Waals surface area contributed by atoms with Crippen LogP contribution < -0.4 is 5.73 Å². The monoisotopic (exact) mass is 323 g/mol. The lowest BCUT2D eigenvalue weighted by Gasteiger charge is -2.29. The molecule has 0 spiro atoms. The third kappa shape index (κ3) is 2.13. The number of hydrogen-bond donors (Lipinski definition) is 1. The molecule has 2 heterocycles. The lowest BCUT2D eigenvalue weighted by atomic mass is 9.76. The first-order valence-electron chi connectivity index (χ1n) is 8.49. The molecule has 2 aromatic heterocycles. The molecule has 0 amide bonds. The summed E-state index contributed by atoms with van der Waals surface area (Å²) in [5, 5.41) is 2.22. The van der Waals surface area contributed by atoms with Crippen LogP contribution in [-0.4, -0.2) is 9.97 Å². The van der Waals surface area contributed by atoms with Gasteiger partial charge in [-0.2, -0.15) is 0 Å². The van der Waals surface area contributed by atoms with E-state index in [0.717, 1.165) is 17.5 Å². The van der Waals surface area contributed by atoms with Crippen molar-refractivity contribution in [3.05, 3.63) is 89.7 Å². The van der Waals surface area contributed by atoms with Crippen LogP contribution >= 0.6 is 0 Å². The number of anilines is 1. The second-order valence-corrected chi connectivity index (χ2v) is 6.50. The standard InChI is InChI=1S/C22H17N3/c23-22-18-8-4-3-7-17(18)20-19(14-9-11-24-12-10-14)13-15-5-1-2-6-16(15)21(20)25-22/h1-12,19H,13H2,(H2,23,25). The molecule has 5 rings (SSSR count). The van der Waals surface area contributed by atoms with Gasteiger partial charge < -0.3 is 5.73 Å². The topological polar surface area (TPSA) is 51.8 Å². The number of aromatic nitrogens is 2. The van der Waals surface area contributed by atoms with Gasteiger partial charge in [-0.25, -0.2) is 4.98 Å². The first kappa shape index (κ1) is 14.2. The molecule has 1 atom stereocenters. The Morgan fingerprint density at radius 3 is 2.40 bits per heavy atom. The maximum absolute atomic E-state index is 6.30. The highest BCUT2D eigenvalue weighted by atomic mass is 14.9. The van der Waals surface area contributed by atoms with Crippen LogP contribution in [0.2, 0.25) is 0 Å². The van der Waals surface area contributed by atoms with Gasteiger partial charge in [-0.05, 0) is 40.6 Å². The average Bonchev–Trinajstić information content (AvgIpc) is 2.68. The van der Waals surface area contributed by atoms with Crippen molar-refractivity contribution in [1.29, 1.82) is 0 Å². The minimum absolute atomic E-state index is 0.255. The van der Waals surface area contributed by atoms with Crippen LogP contribution in [0, 0.1) is 0 Å². The zero-order valence-corrected chi connectivity index (χ0v) is 13.7. The molecule has 0 saturated heterocycles. The van der Waals surface area contributed by atoms with Crippen LogP contribution in [0.15, 0.2) is 73.1 Å². The lowest BCUT2D eigenvalue weighted by molar-refractivity contribution is 0.793. The van der Waals surface area contributed by atoms with Crippen LogP contribution in [-0.2, 0) is 6.42 Å². The van der Waals surface area contributed by atoms with Gasteiger partial charge in [0.25, 0.3) is 0 Å². The van der Waals surface area contributed by atoms with Gasteiger partial charge in [-0.3, -0.25) is 4.98 Å². The number of pyridine rings is 2. The Labute approximate surface area is 146 Å². The molecule has 0 bridgehead atoms. The van der Waals surface area contributed by atoms with Crippen molar-refractivity contribution < 1.29 is 0 Å². The summed E-state index contributed by atoms with van der Waals surface area (Å²) in [5.74, 6) is 0.852. The van der Waals surface area contributed by atoms with Crippen LogP contribution in [0.1, 0.15) is 22.6 Å². The first-order chi connectivity index (χ1) is 12.3. The number of fused-ring (bicyclic) bond motifs is 5. The van der Waals surface area contributed by atoms with E-state index in [4.69, 9.17) is 10.7 Å². The van der Waals surface area contributed by atoms with Crippen molar-refractivity contribution in [2.45, 2.75) is 12.3 Å². The predicted octanol–water partition coefficient (Wildman–Crippen LogP) is 4.57. The van der Waals surface area contributed by atoms with Gasteiger partial charge >= 0.3 is 0 Å². The van der Waals surface area contributed by atoms with Gasteiger partial charge in [0, 0.05) is 29.3 Å². The molecule has 1 aliphatic rings. The van der Waals surface area contributed by atoms with Crippen LogP contribution in [0.3, 0.4) is 0 Å². The maximum atomic E-state index is 6.30. The molecular formula is C22H17N3. The molecule has 0 radical (unpaired) electrons. The van der Waals surface area contributed by atoms with E-state index in [2.05, 4.69) is 59.6 Å². The van der Waals surface area contributed by atoms with E-state index in [1.54, 1.807) is 0 Å². The van der Waals surface area contributed by atoms with Gasteiger partial charge in [0.2, 0.25) is 0 Å². The molecular weight excluding hydrogens is 306 g/mol. The van der Waals surface area contributed by atoms with E-state index in [0.29, 0.717) is 5.82 Å². The third-order valence-corrected chi connectivity index (χ3v) is 5.13. The molecule has 0 fully saturated rings. The minimum atomic E-state index is 0.255. The number of nitrogens with two attached hydrogens (primary N) is 1. The fraction of sp³-hybridized carbons (Fsp3) is 0.0909. The molecule has 120 valence electrons. The number of rotatable bonds is 1. The minimum Gasteiger partial charge on any atom is -0.383 e. The van der Waals surface area contributed by atoms with E-state index in [1.165, 1.54) is 27.6 Å². The fourth-order valence-corrected chi connectivity index (χ4v) is 4.00. The van der Waals surface area contributed by atoms with Crippen molar-refractivity contribution in [2.75, 3.05) is 5.73 Å². The van der Waals surface area contributed by atoms with Gasteiger partial charge in [0.15, 0.2) is 0 Å². The zero-order valence-electron chi connectivity index (χ0n) is 13.7. The number of benzene rings is 2. The van der Waals surface area contributed by atoms with Crippen molar-refractivity contribution >= 4 is 16.6 Å². The highest BCUT2D eigenvalue weighted by Crippen LogP contribution is 2.45. The van der Waals surface area contributed by atoms with Crippen LogP contribution in [0.4, 0.5) is 5.82 Å². The van der Waals surface area contributed by atoms with Gasteiger partial charge in [0.1, 0.15) is 5.82 Å². The lowest BCUT2D eigenvalue weighted by Crippen LogP contribution is -2.15. The number of nitrogens with zero attached hydrogens (tertiary/aromatic N) is 2. The summed E-state index contributed by atoms with van der Waals surface area (Å²) in [6, 6.07) is 21.0. The average molecular weight is 323 g/mol. The number of nitrogen functional groups attached to an aromatic ring is 1. The molecule has 4 aromatic rings. The summed E-state index contributed by atoms with van der Waals surface area (Å²) in [4.78, 5) is 9.00. The summed E-state index contributed by atoms with van der Waals surface area (Å²) in [5.41, 5.74) is 12.4. The third-order valence-electron chi connectivity index (χ3n) is 5.13. The predicted molar refractivity (Wildman–Crippen MR) is 101 cm³/mol. The quantitative estimate of drug-likeness (QED) is 0.558. The normalized spacial score (nSPS) is 15.6. The van der Waals surface area contributed by atoms with Crippen LogP contribution in [0.5, 0.6) is 0 Å². The summed E-state index contributed by atoms with van der Waals surface area (Å²) in [6.07, 6.45) is 4.69. The number of hydrogen-bond acceptors (Lipinski definition) is 3. The van der Waals surface area contributed by atoms with E-state index < -0.39 is 0 Å². The van der Waals surface area contributed by atoms with E-state index in [9.17, 15) is 0 Å². The Balaban J connectivity index is 1.89. The van der Waals surface area contributed by atoms with Crippen molar-refractivity contribution in [2.24, 2.45) is 0 Å². The smallest absolute Gasteiger partial charge is 0.131 e. The summed E-state index contributed by atoms with van der Waals surface area (Å²) in [6.45, 7) is 0. The first-order valence-corrected chi connectivity index (χ1v) is 8.49. The summed E-state index contributed by atoms with van der Waals surface area (Å²) < 4.78 is 0. The fourth-order valence-electron chi connectivity index (χ4n) is 4.00. The largest absolute Gasteiger partial charge is 0.383 e. The Hall–Kier alpha value is -3.20. The molecule has 3 heteroatoms. The van der Waals surface area contributed by atoms with E-state index >= 15 is 0 Å². The highest BCUT2D eigenvalue weighted by Gasteiger charge is 2.29. The summed E-state index contributed by atoms with van der Waals surface area (Å²) >= 11 is 0. The van der Waals surface area contributed by atoms with Gasteiger partial charge in [0.05, 0.1) is 5.69 Å². The molecule has 1 unspecified atom stereocenters. The van der Waals surface area contributed by atoms with Gasteiger partial charge in [-0.1, -0.05) is 48.5 Å². The second-order valence-electron chi connectivity index (χ2n) is 6.50. The van der Waals surface area contributed by atoms with Gasteiger partial charge in [-0.15, -0.1) is 0 Å². The Bertz CT molecular complexity index is 1090. The second kappa shape index (κ2) is 5.42. The Kier molecular flexibility index (Phi) is 3.07. The molecule has 2 aromatic carbocycles. The van der Waals surface area contributed by atoms with Crippen LogP contribution in [0.25, 0.3) is 22.0 Å². The highest BCUT2D eigenvalue weighted by molar-refractivity contribution is 5.98. The van der Waals surface area contributed by atoms with E-state index in [-0.39, 0.29) is 5.92 Å².